The van der Waals surface area contributed by atoms with Crippen LogP contribution in [-0.4, -0.2) is 6.04 Å². The van der Waals surface area contributed by atoms with Crippen molar-refractivity contribution in [3.05, 3.63) is 27.7 Å². The Labute approximate surface area is 111 Å². The lowest BCUT2D eigenvalue weighted by atomic mass is 9.99. The molecule has 1 aliphatic rings. The van der Waals surface area contributed by atoms with Gasteiger partial charge in [-0.15, -0.1) is 0 Å². The van der Waals surface area contributed by atoms with Crippen LogP contribution >= 0.6 is 27.5 Å². The van der Waals surface area contributed by atoms with Crippen LogP contribution in [0.15, 0.2) is 22.7 Å². The van der Waals surface area contributed by atoms with Crippen molar-refractivity contribution in [2.75, 3.05) is 5.32 Å². The number of nitrogens with one attached hydrogen (secondary N) is 1. The van der Waals surface area contributed by atoms with Crippen LogP contribution in [-0.2, 0) is 0 Å². The minimum absolute atomic E-state index is 0.509. The fraction of sp³-hybridized carbons (Fsp3) is 0.538. The third-order valence-corrected chi connectivity index (χ3v) is 4.24. The second-order valence-electron chi connectivity index (χ2n) is 4.60. The first kappa shape index (κ1) is 12.3. The van der Waals surface area contributed by atoms with Crippen LogP contribution in [0, 0.1) is 5.92 Å². The minimum atomic E-state index is 0.509. The summed E-state index contributed by atoms with van der Waals surface area (Å²) in [5.41, 5.74) is 1.04. The predicted molar refractivity (Wildman–Crippen MR) is 74.2 cm³/mol. The van der Waals surface area contributed by atoms with Crippen LogP contribution in [0.1, 0.15) is 32.6 Å². The summed E-state index contributed by atoms with van der Waals surface area (Å²) in [6.45, 7) is 2.26. The summed E-state index contributed by atoms with van der Waals surface area (Å²) < 4.78 is 1.07. The zero-order valence-corrected chi connectivity index (χ0v) is 11.8. The minimum Gasteiger partial charge on any atom is -0.381 e. The number of rotatable bonds is 3. The average Bonchev–Trinajstić information content (AvgIpc) is 2.76. The van der Waals surface area contributed by atoms with Crippen molar-refractivity contribution in [3.63, 3.8) is 0 Å². The van der Waals surface area contributed by atoms with E-state index >= 15 is 0 Å². The molecule has 1 aromatic carbocycles. The molecule has 1 aromatic rings. The highest BCUT2D eigenvalue weighted by atomic mass is 79.9. The maximum atomic E-state index is 6.16. The van der Waals surface area contributed by atoms with Crippen LogP contribution in [0.4, 0.5) is 5.69 Å². The normalized spacial score (nSPS) is 18.7. The molecule has 0 heterocycles. The number of hydrogen-bond acceptors (Lipinski definition) is 1. The monoisotopic (exact) mass is 301 g/mol. The molecule has 1 saturated carbocycles. The van der Waals surface area contributed by atoms with E-state index in [4.69, 9.17) is 11.6 Å². The second-order valence-corrected chi connectivity index (χ2v) is 5.92. The number of benzene rings is 1. The summed E-state index contributed by atoms with van der Waals surface area (Å²) in [5.74, 6) is 0.801. The lowest BCUT2D eigenvalue weighted by Gasteiger charge is -2.22. The Hall–Kier alpha value is -0.210. The van der Waals surface area contributed by atoms with Crippen LogP contribution in [0.25, 0.3) is 0 Å². The average molecular weight is 303 g/mol. The Morgan fingerprint density at radius 1 is 1.38 bits per heavy atom. The molecule has 1 unspecified atom stereocenters. The molecule has 1 aliphatic carbocycles. The van der Waals surface area contributed by atoms with Crippen molar-refractivity contribution >= 4 is 33.2 Å². The van der Waals surface area contributed by atoms with Crippen molar-refractivity contribution in [1.29, 1.82) is 0 Å². The van der Waals surface area contributed by atoms with Crippen molar-refractivity contribution in [3.8, 4) is 0 Å². The molecule has 1 nitrogen and oxygen atoms in total. The fourth-order valence-electron chi connectivity index (χ4n) is 2.43. The number of anilines is 1. The first-order valence-electron chi connectivity index (χ1n) is 5.88. The molecule has 0 aromatic heterocycles. The zero-order chi connectivity index (χ0) is 11.5. The molecule has 2 rings (SSSR count). The Bertz CT molecular complexity index is 361. The van der Waals surface area contributed by atoms with Crippen LogP contribution in [0.5, 0.6) is 0 Å². The van der Waals surface area contributed by atoms with E-state index in [1.807, 2.05) is 18.2 Å². The molecular formula is C13H17BrClN. The molecule has 0 amide bonds. The van der Waals surface area contributed by atoms with E-state index in [1.54, 1.807) is 0 Å². The zero-order valence-electron chi connectivity index (χ0n) is 9.47. The maximum Gasteiger partial charge on any atom is 0.0638 e. The van der Waals surface area contributed by atoms with Gasteiger partial charge in [0.15, 0.2) is 0 Å². The molecule has 0 bridgehead atoms. The van der Waals surface area contributed by atoms with Gasteiger partial charge in [-0.05, 0) is 43.9 Å². The molecular weight excluding hydrogens is 286 g/mol. The van der Waals surface area contributed by atoms with Gasteiger partial charge in [-0.2, -0.15) is 0 Å². The Kier molecular flexibility index (Phi) is 4.15. The van der Waals surface area contributed by atoms with Crippen LogP contribution in [0.3, 0.4) is 0 Å². The molecule has 88 valence electrons. The van der Waals surface area contributed by atoms with Crippen molar-refractivity contribution in [2.24, 2.45) is 5.92 Å². The molecule has 16 heavy (non-hydrogen) atoms. The lowest BCUT2D eigenvalue weighted by molar-refractivity contribution is 0.482. The lowest BCUT2D eigenvalue weighted by Crippen LogP contribution is -2.23. The SMILES string of the molecule is CC(Nc1cc(Br)ccc1Cl)C1CCCC1. The highest BCUT2D eigenvalue weighted by Crippen LogP contribution is 2.32. The summed E-state index contributed by atoms with van der Waals surface area (Å²) >= 11 is 9.63. The molecule has 1 fully saturated rings. The molecule has 1 atom stereocenters. The molecule has 0 radical (unpaired) electrons. The van der Waals surface area contributed by atoms with Gasteiger partial charge in [-0.3, -0.25) is 0 Å². The largest absolute Gasteiger partial charge is 0.381 e. The smallest absolute Gasteiger partial charge is 0.0638 e. The van der Waals surface area contributed by atoms with Gasteiger partial charge in [0.05, 0.1) is 10.7 Å². The topological polar surface area (TPSA) is 12.0 Å². The summed E-state index contributed by atoms with van der Waals surface area (Å²) in [6, 6.07) is 6.45. The van der Waals surface area contributed by atoms with E-state index in [-0.39, 0.29) is 0 Å². The summed E-state index contributed by atoms with van der Waals surface area (Å²) in [5, 5.41) is 4.33. The van der Waals surface area contributed by atoms with E-state index in [9.17, 15) is 0 Å². The number of hydrogen-bond donors (Lipinski definition) is 1. The second kappa shape index (κ2) is 5.42. The Balaban J connectivity index is 2.04. The highest BCUT2D eigenvalue weighted by Gasteiger charge is 2.21. The maximum absolute atomic E-state index is 6.16. The third kappa shape index (κ3) is 2.92. The predicted octanol–water partition coefficient (Wildman–Crippen LogP) is 5.09. The summed E-state index contributed by atoms with van der Waals surface area (Å²) in [4.78, 5) is 0. The number of halogens is 2. The Morgan fingerprint density at radius 2 is 2.06 bits per heavy atom. The van der Waals surface area contributed by atoms with E-state index in [2.05, 4.69) is 28.2 Å². The summed E-state index contributed by atoms with van der Waals surface area (Å²) in [6.07, 6.45) is 5.45. The first-order chi connectivity index (χ1) is 7.66. The Morgan fingerprint density at radius 3 is 2.75 bits per heavy atom. The van der Waals surface area contributed by atoms with Crippen molar-refractivity contribution in [1.82, 2.24) is 0 Å². The van der Waals surface area contributed by atoms with E-state index in [0.717, 1.165) is 21.1 Å². The van der Waals surface area contributed by atoms with Crippen molar-refractivity contribution < 1.29 is 0 Å². The molecule has 0 spiro atoms. The van der Waals surface area contributed by atoms with Gasteiger partial charge < -0.3 is 5.32 Å². The fourth-order valence-corrected chi connectivity index (χ4v) is 2.96. The van der Waals surface area contributed by atoms with Gasteiger partial charge in [0.2, 0.25) is 0 Å². The molecule has 3 heteroatoms. The highest BCUT2D eigenvalue weighted by molar-refractivity contribution is 9.10. The summed E-state index contributed by atoms with van der Waals surface area (Å²) in [7, 11) is 0. The van der Waals surface area contributed by atoms with E-state index < -0.39 is 0 Å². The van der Waals surface area contributed by atoms with Crippen LogP contribution < -0.4 is 5.32 Å². The van der Waals surface area contributed by atoms with Gasteiger partial charge in [-0.25, -0.2) is 0 Å². The van der Waals surface area contributed by atoms with Gasteiger partial charge in [0, 0.05) is 10.5 Å². The van der Waals surface area contributed by atoms with E-state index in [0.29, 0.717) is 6.04 Å². The molecule has 1 N–H and O–H groups in total. The van der Waals surface area contributed by atoms with Gasteiger partial charge in [0.25, 0.3) is 0 Å². The molecule has 0 saturated heterocycles. The first-order valence-corrected chi connectivity index (χ1v) is 7.05. The van der Waals surface area contributed by atoms with E-state index in [1.165, 1.54) is 25.7 Å². The third-order valence-electron chi connectivity index (χ3n) is 3.42. The quantitative estimate of drug-likeness (QED) is 0.819. The standard InChI is InChI=1S/C13H17BrClN/c1-9(10-4-2-3-5-10)16-13-8-11(14)6-7-12(13)15/h6-10,16H,2-5H2,1H3. The van der Waals surface area contributed by atoms with Crippen molar-refractivity contribution in [2.45, 2.75) is 38.6 Å². The van der Waals surface area contributed by atoms with Gasteiger partial charge in [0.1, 0.15) is 0 Å². The van der Waals surface area contributed by atoms with Crippen LogP contribution in [0.2, 0.25) is 5.02 Å². The molecule has 0 aliphatic heterocycles. The van der Waals surface area contributed by atoms with Gasteiger partial charge in [-0.1, -0.05) is 40.4 Å². The van der Waals surface area contributed by atoms with Gasteiger partial charge >= 0.3 is 0 Å².